The van der Waals surface area contributed by atoms with Gasteiger partial charge in [0.05, 0.1) is 0 Å². The highest BCUT2D eigenvalue weighted by Crippen LogP contribution is 2.28. The van der Waals surface area contributed by atoms with Crippen molar-refractivity contribution in [1.29, 1.82) is 0 Å². The lowest BCUT2D eigenvalue weighted by molar-refractivity contribution is -0.127. The first-order chi connectivity index (χ1) is 8.20. The molecule has 0 spiro atoms. The number of halogens is 1. The van der Waals surface area contributed by atoms with Crippen molar-refractivity contribution in [2.24, 2.45) is 0 Å². The zero-order valence-corrected chi connectivity index (χ0v) is 10.7. The number of hydrogen-bond donors (Lipinski definition) is 0. The van der Waals surface area contributed by atoms with Crippen LogP contribution in [0.5, 0.6) is 0 Å². The van der Waals surface area contributed by atoms with Crippen LogP contribution in [0.15, 0.2) is 36.4 Å². The number of amides is 1. The molecule has 0 unspecified atom stereocenters. The van der Waals surface area contributed by atoms with E-state index < -0.39 is 0 Å². The Hall–Kier alpha value is -1.28. The predicted octanol–water partition coefficient (Wildman–Crippen LogP) is 3.41. The second kappa shape index (κ2) is 5.37. The summed E-state index contributed by atoms with van der Waals surface area (Å²) in [5, 5.41) is 0.728. The van der Waals surface area contributed by atoms with Crippen LogP contribution in [0.1, 0.15) is 25.3 Å². The first-order valence-electron chi connectivity index (χ1n) is 5.88. The van der Waals surface area contributed by atoms with Crippen molar-refractivity contribution in [3.63, 3.8) is 0 Å². The van der Waals surface area contributed by atoms with Crippen LogP contribution >= 0.6 is 11.6 Å². The van der Waals surface area contributed by atoms with Crippen molar-refractivity contribution in [1.82, 2.24) is 4.90 Å². The lowest BCUT2D eigenvalue weighted by Crippen LogP contribution is -2.31. The Labute approximate surface area is 107 Å². The molecule has 1 saturated carbocycles. The van der Waals surface area contributed by atoms with Crippen molar-refractivity contribution in [2.75, 3.05) is 0 Å². The summed E-state index contributed by atoms with van der Waals surface area (Å²) in [5.74, 6) is 0.102. The predicted molar refractivity (Wildman–Crippen MR) is 69.8 cm³/mol. The fraction of sp³-hybridized carbons (Fsp3) is 0.357. The number of nitrogens with zero attached hydrogens (tertiary/aromatic N) is 1. The minimum Gasteiger partial charge on any atom is -0.332 e. The molecule has 0 aliphatic heterocycles. The first-order valence-corrected chi connectivity index (χ1v) is 6.26. The van der Waals surface area contributed by atoms with Crippen LogP contribution in [0.2, 0.25) is 5.02 Å². The lowest BCUT2D eigenvalue weighted by atomic mass is 10.2. The highest BCUT2D eigenvalue weighted by atomic mass is 35.5. The van der Waals surface area contributed by atoms with E-state index in [-0.39, 0.29) is 5.91 Å². The molecule has 0 saturated heterocycles. The minimum atomic E-state index is 0.102. The third-order valence-electron chi connectivity index (χ3n) is 2.85. The molecule has 1 aromatic carbocycles. The zero-order valence-electron chi connectivity index (χ0n) is 9.90. The van der Waals surface area contributed by atoms with Gasteiger partial charge in [0.2, 0.25) is 5.91 Å². The van der Waals surface area contributed by atoms with Gasteiger partial charge in [-0.15, -0.1) is 0 Å². The minimum absolute atomic E-state index is 0.102. The topological polar surface area (TPSA) is 20.3 Å². The maximum atomic E-state index is 11.9. The highest BCUT2D eigenvalue weighted by molar-refractivity contribution is 6.30. The molecule has 0 bridgehead atoms. The van der Waals surface area contributed by atoms with Crippen LogP contribution in [0, 0.1) is 0 Å². The summed E-state index contributed by atoms with van der Waals surface area (Å²) in [6.07, 6.45) is 5.67. The van der Waals surface area contributed by atoms with Gasteiger partial charge in [-0.2, -0.15) is 0 Å². The van der Waals surface area contributed by atoms with Gasteiger partial charge >= 0.3 is 0 Å². The van der Waals surface area contributed by atoms with Gasteiger partial charge in [-0.05, 0) is 43.5 Å². The molecule has 90 valence electrons. The van der Waals surface area contributed by atoms with E-state index in [0.29, 0.717) is 12.6 Å². The second-order valence-corrected chi connectivity index (χ2v) is 4.76. The molecule has 1 aliphatic rings. The molecule has 1 fully saturated rings. The van der Waals surface area contributed by atoms with Gasteiger partial charge in [0.25, 0.3) is 0 Å². The molecule has 0 heterocycles. The fourth-order valence-corrected chi connectivity index (χ4v) is 1.92. The molecule has 17 heavy (non-hydrogen) atoms. The summed E-state index contributed by atoms with van der Waals surface area (Å²) in [6.45, 7) is 2.54. The Balaban J connectivity index is 2.07. The molecule has 2 rings (SSSR count). The number of benzene rings is 1. The van der Waals surface area contributed by atoms with Gasteiger partial charge < -0.3 is 4.90 Å². The third kappa shape index (κ3) is 3.34. The van der Waals surface area contributed by atoms with E-state index in [0.717, 1.165) is 23.4 Å². The largest absolute Gasteiger partial charge is 0.332 e. The molecular weight excluding hydrogens is 234 g/mol. The number of carbonyl (C=O) groups is 1. The van der Waals surface area contributed by atoms with E-state index in [9.17, 15) is 4.79 Å². The van der Waals surface area contributed by atoms with Crippen LogP contribution in [0.25, 0.3) is 0 Å². The average molecular weight is 250 g/mol. The summed E-state index contributed by atoms with van der Waals surface area (Å²) in [7, 11) is 0. The van der Waals surface area contributed by atoms with Gasteiger partial charge in [-0.3, -0.25) is 4.79 Å². The number of allylic oxidation sites excluding steroid dienone is 1. The van der Waals surface area contributed by atoms with Crippen molar-refractivity contribution in [2.45, 2.75) is 32.4 Å². The summed E-state index contributed by atoms with van der Waals surface area (Å²) >= 11 is 5.84. The van der Waals surface area contributed by atoms with Crippen LogP contribution in [0.4, 0.5) is 0 Å². The van der Waals surface area contributed by atoms with Gasteiger partial charge in [0.15, 0.2) is 0 Å². The van der Waals surface area contributed by atoms with Gasteiger partial charge in [-0.25, -0.2) is 0 Å². The second-order valence-electron chi connectivity index (χ2n) is 4.32. The highest BCUT2D eigenvalue weighted by Gasteiger charge is 2.31. The summed E-state index contributed by atoms with van der Waals surface area (Å²) in [6, 6.07) is 8.10. The van der Waals surface area contributed by atoms with Crippen LogP contribution in [-0.2, 0) is 11.3 Å². The van der Waals surface area contributed by atoms with Crippen LogP contribution < -0.4 is 0 Å². The molecule has 2 nitrogen and oxygen atoms in total. The number of carbonyl (C=O) groups excluding carboxylic acids is 1. The van der Waals surface area contributed by atoms with Crippen molar-refractivity contribution >= 4 is 17.5 Å². The monoisotopic (exact) mass is 249 g/mol. The number of hydrogen-bond acceptors (Lipinski definition) is 1. The normalized spacial score (nSPS) is 15.2. The Morgan fingerprint density at radius 1 is 1.41 bits per heavy atom. The number of rotatable bonds is 4. The van der Waals surface area contributed by atoms with E-state index in [1.807, 2.05) is 36.1 Å². The van der Waals surface area contributed by atoms with Crippen molar-refractivity contribution < 1.29 is 4.79 Å². The van der Waals surface area contributed by atoms with Crippen molar-refractivity contribution in [3.05, 3.63) is 47.0 Å². The van der Waals surface area contributed by atoms with Crippen molar-refractivity contribution in [3.8, 4) is 0 Å². The molecule has 0 N–H and O–H groups in total. The van der Waals surface area contributed by atoms with Gasteiger partial charge in [-0.1, -0.05) is 29.8 Å². The Bertz CT molecular complexity index is 420. The Morgan fingerprint density at radius 2 is 2.06 bits per heavy atom. The average Bonchev–Trinajstić information content (AvgIpc) is 3.12. The third-order valence-corrected chi connectivity index (χ3v) is 3.10. The Kier molecular flexibility index (Phi) is 3.85. The van der Waals surface area contributed by atoms with E-state index in [1.165, 1.54) is 0 Å². The van der Waals surface area contributed by atoms with Gasteiger partial charge in [0.1, 0.15) is 0 Å². The maximum Gasteiger partial charge on any atom is 0.246 e. The van der Waals surface area contributed by atoms with E-state index in [1.54, 1.807) is 12.2 Å². The van der Waals surface area contributed by atoms with E-state index in [2.05, 4.69) is 0 Å². The molecule has 0 aromatic heterocycles. The summed E-state index contributed by atoms with van der Waals surface area (Å²) in [4.78, 5) is 13.8. The van der Waals surface area contributed by atoms with Crippen LogP contribution in [-0.4, -0.2) is 16.8 Å². The molecule has 0 radical (unpaired) electrons. The van der Waals surface area contributed by atoms with Gasteiger partial charge in [0, 0.05) is 17.6 Å². The molecular formula is C14H16ClNO. The SMILES string of the molecule is CC=CC(=O)N(Cc1ccc(Cl)cc1)C1CC1. The molecule has 3 heteroatoms. The quantitative estimate of drug-likeness (QED) is 0.749. The summed E-state index contributed by atoms with van der Waals surface area (Å²) in [5.41, 5.74) is 1.12. The zero-order chi connectivity index (χ0) is 12.3. The molecule has 1 amide bonds. The van der Waals surface area contributed by atoms with E-state index >= 15 is 0 Å². The maximum absolute atomic E-state index is 11.9. The molecule has 0 atom stereocenters. The molecule has 1 aliphatic carbocycles. The standard InChI is InChI=1S/C14H16ClNO/c1-2-3-14(17)16(13-8-9-13)10-11-4-6-12(15)7-5-11/h2-7,13H,8-10H2,1H3. The van der Waals surface area contributed by atoms with Crippen LogP contribution in [0.3, 0.4) is 0 Å². The summed E-state index contributed by atoms with van der Waals surface area (Å²) < 4.78 is 0. The fourth-order valence-electron chi connectivity index (χ4n) is 1.80. The lowest BCUT2D eigenvalue weighted by Gasteiger charge is -2.21. The van der Waals surface area contributed by atoms with E-state index in [4.69, 9.17) is 11.6 Å². The molecule has 1 aromatic rings. The Morgan fingerprint density at radius 3 is 2.59 bits per heavy atom. The first kappa shape index (κ1) is 12.2. The smallest absolute Gasteiger partial charge is 0.246 e.